The number of carbonyl (C=O) groups excluding carboxylic acids is 2. The quantitative estimate of drug-likeness (QED) is 0.889. The standard InChI is InChI=1S/C19H27N3O4/c1-19(10-14-5-6-15-16(9-14)26-13-25-15)7-4-8-22(12-19)17(23)11-20-18(24)21(2)3/h5-6,9H,4,7-8,10-13H2,1-3H3,(H,20,24)/t19-/m0/s1. The molecule has 1 saturated heterocycles. The third-order valence-corrected chi connectivity index (χ3v) is 5.00. The van der Waals surface area contributed by atoms with Crippen LogP contribution in [-0.2, 0) is 11.2 Å². The molecule has 26 heavy (non-hydrogen) atoms. The zero-order chi connectivity index (χ0) is 18.7. The summed E-state index contributed by atoms with van der Waals surface area (Å²) in [5.41, 5.74) is 1.19. The van der Waals surface area contributed by atoms with E-state index in [4.69, 9.17) is 9.47 Å². The minimum atomic E-state index is -0.251. The minimum Gasteiger partial charge on any atom is -0.454 e. The zero-order valence-corrected chi connectivity index (χ0v) is 15.7. The van der Waals surface area contributed by atoms with Gasteiger partial charge in [-0.2, -0.15) is 0 Å². The molecular weight excluding hydrogens is 334 g/mol. The van der Waals surface area contributed by atoms with Gasteiger partial charge < -0.3 is 24.6 Å². The Hall–Kier alpha value is -2.44. The van der Waals surface area contributed by atoms with Gasteiger partial charge in [-0.3, -0.25) is 4.79 Å². The number of hydrogen-bond acceptors (Lipinski definition) is 4. The minimum absolute atomic E-state index is 0.00711. The van der Waals surface area contributed by atoms with Gasteiger partial charge in [0.25, 0.3) is 0 Å². The normalized spacial score (nSPS) is 21.4. The van der Waals surface area contributed by atoms with Gasteiger partial charge in [0.15, 0.2) is 11.5 Å². The smallest absolute Gasteiger partial charge is 0.317 e. The summed E-state index contributed by atoms with van der Waals surface area (Å²) in [5.74, 6) is 1.55. The SMILES string of the molecule is CN(C)C(=O)NCC(=O)N1CCC[C@@](C)(Cc2ccc3c(c2)OCO3)C1. The van der Waals surface area contributed by atoms with Crippen molar-refractivity contribution < 1.29 is 19.1 Å². The van der Waals surface area contributed by atoms with Gasteiger partial charge in [-0.1, -0.05) is 13.0 Å². The van der Waals surface area contributed by atoms with Crippen LogP contribution in [0.5, 0.6) is 11.5 Å². The summed E-state index contributed by atoms with van der Waals surface area (Å²) in [6, 6.07) is 5.80. The molecule has 3 rings (SSSR count). The van der Waals surface area contributed by atoms with E-state index in [1.807, 2.05) is 17.0 Å². The van der Waals surface area contributed by atoms with Crippen LogP contribution >= 0.6 is 0 Å². The van der Waals surface area contributed by atoms with Crippen molar-refractivity contribution in [2.45, 2.75) is 26.2 Å². The van der Waals surface area contributed by atoms with Crippen molar-refractivity contribution in [3.05, 3.63) is 23.8 Å². The van der Waals surface area contributed by atoms with Gasteiger partial charge in [0.05, 0.1) is 6.54 Å². The molecule has 0 aromatic heterocycles. The molecule has 0 unspecified atom stereocenters. The van der Waals surface area contributed by atoms with E-state index in [1.165, 1.54) is 10.5 Å². The predicted octanol–water partition coefficient (Wildman–Crippen LogP) is 1.86. The molecule has 1 aromatic carbocycles. The molecule has 1 N–H and O–H groups in total. The fourth-order valence-electron chi connectivity index (χ4n) is 3.64. The lowest BCUT2D eigenvalue weighted by Gasteiger charge is -2.41. The highest BCUT2D eigenvalue weighted by atomic mass is 16.7. The second kappa shape index (κ2) is 7.43. The van der Waals surface area contributed by atoms with Crippen LogP contribution in [0.15, 0.2) is 18.2 Å². The number of rotatable bonds is 4. The molecule has 7 heteroatoms. The Morgan fingerprint density at radius 3 is 2.81 bits per heavy atom. The number of carbonyl (C=O) groups is 2. The monoisotopic (exact) mass is 361 g/mol. The van der Waals surface area contributed by atoms with Crippen molar-refractivity contribution >= 4 is 11.9 Å². The van der Waals surface area contributed by atoms with Crippen LogP contribution in [0.3, 0.4) is 0 Å². The lowest BCUT2D eigenvalue weighted by atomic mass is 9.77. The highest BCUT2D eigenvalue weighted by molar-refractivity contribution is 5.83. The largest absolute Gasteiger partial charge is 0.454 e. The Labute approximate surface area is 154 Å². The van der Waals surface area contributed by atoms with E-state index < -0.39 is 0 Å². The molecule has 0 radical (unpaired) electrons. The summed E-state index contributed by atoms with van der Waals surface area (Å²) in [7, 11) is 3.31. The van der Waals surface area contributed by atoms with E-state index >= 15 is 0 Å². The number of nitrogens with zero attached hydrogens (tertiary/aromatic N) is 2. The van der Waals surface area contributed by atoms with Crippen molar-refractivity contribution in [2.24, 2.45) is 5.41 Å². The molecule has 0 bridgehead atoms. The molecule has 2 aliphatic heterocycles. The van der Waals surface area contributed by atoms with Gasteiger partial charge in [0.1, 0.15) is 0 Å². The Balaban J connectivity index is 1.59. The maximum absolute atomic E-state index is 12.5. The summed E-state index contributed by atoms with van der Waals surface area (Å²) in [5, 5.41) is 2.65. The van der Waals surface area contributed by atoms with Crippen molar-refractivity contribution in [3.8, 4) is 11.5 Å². The maximum Gasteiger partial charge on any atom is 0.317 e. The van der Waals surface area contributed by atoms with E-state index in [1.54, 1.807) is 14.1 Å². The third kappa shape index (κ3) is 4.20. The fraction of sp³-hybridized carbons (Fsp3) is 0.579. The average Bonchev–Trinajstić information content (AvgIpc) is 3.06. The lowest BCUT2D eigenvalue weighted by Crippen LogP contribution is -2.49. The van der Waals surface area contributed by atoms with Crippen LogP contribution in [0.1, 0.15) is 25.3 Å². The maximum atomic E-state index is 12.5. The molecule has 7 nitrogen and oxygen atoms in total. The van der Waals surface area contributed by atoms with E-state index in [2.05, 4.69) is 18.3 Å². The molecule has 1 fully saturated rings. The number of piperidine rings is 1. The molecule has 1 aromatic rings. The molecule has 2 heterocycles. The highest BCUT2D eigenvalue weighted by Crippen LogP contribution is 2.37. The van der Waals surface area contributed by atoms with Crippen LogP contribution in [0.2, 0.25) is 0 Å². The van der Waals surface area contributed by atoms with Gasteiger partial charge in [-0.15, -0.1) is 0 Å². The molecule has 3 amide bonds. The Morgan fingerprint density at radius 2 is 2.04 bits per heavy atom. The van der Waals surface area contributed by atoms with Crippen LogP contribution in [0.4, 0.5) is 4.79 Å². The number of hydrogen-bond donors (Lipinski definition) is 1. The summed E-state index contributed by atoms with van der Waals surface area (Å²) in [6.45, 7) is 3.97. The van der Waals surface area contributed by atoms with Gasteiger partial charge in [0, 0.05) is 27.2 Å². The second-order valence-corrected chi connectivity index (χ2v) is 7.65. The first-order valence-corrected chi connectivity index (χ1v) is 8.98. The third-order valence-electron chi connectivity index (χ3n) is 5.00. The molecule has 1 atom stereocenters. The predicted molar refractivity (Wildman–Crippen MR) is 97.3 cm³/mol. The summed E-state index contributed by atoms with van der Waals surface area (Å²) in [4.78, 5) is 27.4. The first-order valence-electron chi connectivity index (χ1n) is 8.98. The van der Waals surface area contributed by atoms with Crippen LogP contribution < -0.4 is 14.8 Å². The molecular formula is C19H27N3O4. The number of benzene rings is 1. The Kier molecular flexibility index (Phi) is 5.25. The van der Waals surface area contributed by atoms with Crippen LogP contribution in [0, 0.1) is 5.41 Å². The number of amides is 3. The highest BCUT2D eigenvalue weighted by Gasteiger charge is 2.33. The second-order valence-electron chi connectivity index (χ2n) is 7.65. The number of nitrogens with one attached hydrogen (secondary N) is 1. The van der Waals surface area contributed by atoms with Gasteiger partial charge in [-0.25, -0.2) is 4.79 Å². The Morgan fingerprint density at radius 1 is 1.27 bits per heavy atom. The van der Waals surface area contributed by atoms with E-state index in [9.17, 15) is 9.59 Å². The average molecular weight is 361 g/mol. The van der Waals surface area contributed by atoms with E-state index in [-0.39, 0.29) is 30.7 Å². The molecule has 2 aliphatic rings. The molecule has 0 aliphatic carbocycles. The van der Waals surface area contributed by atoms with Crippen molar-refractivity contribution in [2.75, 3.05) is 40.5 Å². The van der Waals surface area contributed by atoms with Gasteiger partial charge in [-0.05, 0) is 42.4 Å². The number of fused-ring (bicyclic) bond motifs is 1. The number of likely N-dealkylation sites (tertiary alicyclic amines) is 1. The van der Waals surface area contributed by atoms with Crippen molar-refractivity contribution in [3.63, 3.8) is 0 Å². The first kappa shape index (κ1) is 18.4. The first-order chi connectivity index (χ1) is 12.4. The lowest BCUT2D eigenvalue weighted by molar-refractivity contribution is -0.133. The van der Waals surface area contributed by atoms with E-state index in [0.717, 1.165) is 37.3 Å². The summed E-state index contributed by atoms with van der Waals surface area (Å²) < 4.78 is 10.8. The van der Waals surface area contributed by atoms with Crippen molar-refractivity contribution in [1.82, 2.24) is 15.1 Å². The molecule has 0 spiro atoms. The van der Waals surface area contributed by atoms with Gasteiger partial charge >= 0.3 is 6.03 Å². The number of urea groups is 1. The Bertz CT molecular complexity index is 691. The van der Waals surface area contributed by atoms with E-state index in [0.29, 0.717) is 6.54 Å². The van der Waals surface area contributed by atoms with Crippen LogP contribution in [-0.4, -0.2) is 62.3 Å². The van der Waals surface area contributed by atoms with Crippen LogP contribution in [0.25, 0.3) is 0 Å². The summed E-state index contributed by atoms with van der Waals surface area (Å²) in [6.07, 6.45) is 2.90. The molecule has 0 saturated carbocycles. The van der Waals surface area contributed by atoms with Crippen molar-refractivity contribution in [1.29, 1.82) is 0 Å². The zero-order valence-electron chi connectivity index (χ0n) is 15.7. The fourth-order valence-corrected chi connectivity index (χ4v) is 3.64. The molecule has 142 valence electrons. The number of ether oxygens (including phenoxy) is 2. The topological polar surface area (TPSA) is 71.1 Å². The summed E-state index contributed by atoms with van der Waals surface area (Å²) >= 11 is 0. The van der Waals surface area contributed by atoms with Gasteiger partial charge in [0.2, 0.25) is 12.7 Å².